The average Bonchev–Trinajstić information content (AvgIpc) is 2.47. The van der Waals surface area contributed by atoms with Gasteiger partial charge < -0.3 is 15.5 Å². The Balaban J connectivity index is 2.32. The maximum Gasteiger partial charge on any atom is 0.322 e. The fourth-order valence-corrected chi connectivity index (χ4v) is 1.79. The van der Waals surface area contributed by atoms with E-state index in [4.69, 9.17) is 18.1 Å². The highest BCUT2D eigenvalue weighted by atomic mass is 35.5. The van der Waals surface area contributed by atoms with Gasteiger partial charge >= 0.3 is 5.97 Å². The van der Waals surface area contributed by atoms with E-state index in [1.807, 2.05) is 0 Å². The lowest BCUT2D eigenvalue weighted by Gasteiger charge is -2.07. The maximum absolute atomic E-state index is 11.7. The zero-order chi connectivity index (χ0) is 16.3. The molecule has 1 amide bonds. The second kappa shape index (κ2) is 6.23. The molecule has 6 nitrogen and oxygen atoms in total. The van der Waals surface area contributed by atoms with Crippen molar-refractivity contribution in [2.24, 2.45) is 0 Å². The Morgan fingerprint density at radius 1 is 1.38 bits per heavy atom. The summed E-state index contributed by atoms with van der Waals surface area (Å²) in [7, 11) is 0. The highest BCUT2D eigenvalue weighted by Gasteiger charge is 2.14. The van der Waals surface area contributed by atoms with Crippen LogP contribution in [0.2, 0.25) is 5.02 Å². The van der Waals surface area contributed by atoms with Gasteiger partial charge in [-0.1, -0.05) is 23.7 Å². The molecule has 0 bridgehead atoms. The van der Waals surface area contributed by atoms with Crippen LogP contribution in [0.1, 0.15) is 11.9 Å². The van der Waals surface area contributed by atoms with E-state index in [1.54, 1.807) is 12.1 Å². The van der Waals surface area contributed by atoms with Crippen LogP contribution in [0.5, 0.6) is 5.75 Å². The summed E-state index contributed by atoms with van der Waals surface area (Å²) in [5.74, 6) is -2.43. The number of nitrogens with zero attached hydrogens (tertiary/aromatic N) is 1. The number of halogens is 1. The molecule has 0 spiro atoms. The second-order valence-corrected chi connectivity index (χ2v) is 4.53. The van der Waals surface area contributed by atoms with E-state index in [0.29, 0.717) is 16.1 Å². The van der Waals surface area contributed by atoms with Crippen molar-refractivity contribution in [1.82, 2.24) is 10.3 Å². The predicted molar refractivity (Wildman–Crippen MR) is 76.3 cm³/mol. The van der Waals surface area contributed by atoms with Crippen LogP contribution in [0, 0.1) is 0 Å². The molecule has 0 radical (unpaired) electrons. The van der Waals surface area contributed by atoms with Gasteiger partial charge in [0.1, 0.15) is 12.3 Å². The van der Waals surface area contributed by atoms with Gasteiger partial charge in [0.2, 0.25) is 0 Å². The molecule has 7 heteroatoms. The highest BCUT2D eigenvalue weighted by Crippen LogP contribution is 2.26. The van der Waals surface area contributed by atoms with E-state index in [9.17, 15) is 14.7 Å². The molecular formula is C14H11ClN2O4. The van der Waals surface area contributed by atoms with Crippen molar-refractivity contribution in [3.63, 3.8) is 0 Å². The van der Waals surface area contributed by atoms with Crippen LogP contribution in [0.25, 0.3) is 11.1 Å². The van der Waals surface area contributed by atoms with Gasteiger partial charge in [-0.25, -0.2) is 4.98 Å². The number of hydrogen-bond acceptors (Lipinski definition) is 4. The lowest BCUT2D eigenvalue weighted by atomic mass is 10.1. The number of carbonyl (C=O) groups is 2. The summed E-state index contributed by atoms with van der Waals surface area (Å²) < 4.78 is 7.81. The fourth-order valence-electron chi connectivity index (χ4n) is 1.62. The summed E-state index contributed by atoms with van der Waals surface area (Å²) in [6.45, 7) is -0.577. The Morgan fingerprint density at radius 2 is 2.14 bits per heavy atom. The van der Waals surface area contributed by atoms with Crippen molar-refractivity contribution < 1.29 is 21.2 Å². The molecule has 3 N–H and O–H groups in total. The number of pyridine rings is 1. The van der Waals surface area contributed by atoms with Crippen LogP contribution in [0.3, 0.4) is 0 Å². The summed E-state index contributed by atoms with van der Waals surface area (Å²) >= 11 is 5.87. The molecule has 0 aliphatic rings. The van der Waals surface area contributed by atoms with Gasteiger partial charge in [0.05, 0.1) is 1.37 Å². The Kier molecular flexibility index (Phi) is 3.97. The number of benzene rings is 1. The number of nitrogens with one attached hydrogen (secondary N) is 1. The van der Waals surface area contributed by atoms with E-state index < -0.39 is 24.2 Å². The topological polar surface area (TPSA) is 99.5 Å². The molecule has 0 unspecified atom stereocenters. The number of aliphatic carboxylic acids is 1. The van der Waals surface area contributed by atoms with Crippen LogP contribution in [0.15, 0.2) is 36.5 Å². The van der Waals surface area contributed by atoms with Crippen LogP contribution < -0.4 is 5.32 Å². The Labute approximate surface area is 126 Å². The molecule has 1 aromatic carbocycles. The second-order valence-electron chi connectivity index (χ2n) is 4.09. The van der Waals surface area contributed by atoms with Crippen molar-refractivity contribution in [1.29, 1.82) is 0 Å². The Hall–Kier alpha value is -2.60. The summed E-state index contributed by atoms with van der Waals surface area (Å²) in [4.78, 5) is 25.9. The van der Waals surface area contributed by atoms with Gasteiger partial charge in [-0.05, 0) is 23.8 Å². The highest BCUT2D eigenvalue weighted by molar-refractivity contribution is 6.30. The van der Waals surface area contributed by atoms with Crippen LogP contribution >= 0.6 is 11.6 Å². The minimum atomic E-state index is -1.21. The quantitative estimate of drug-likeness (QED) is 0.801. The maximum atomic E-state index is 11.7. The van der Waals surface area contributed by atoms with Gasteiger partial charge in [0, 0.05) is 16.8 Å². The summed E-state index contributed by atoms with van der Waals surface area (Å²) in [5, 5.41) is 20.9. The number of hydrogen-bond donors (Lipinski definition) is 3. The number of carbonyl (C=O) groups excluding carboxylic acids is 1. The smallest absolute Gasteiger partial charge is 0.322 e. The molecule has 2 aromatic rings. The average molecular weight is 308 g/mol. The third-order valence-corrected chi connectivity index (χ3v) is 2.79. The fraction of sp³-hybridized carbons (Fsp3) is 0.0714. The molecule has 1 heterocycles. The van der Waals surface area contributed by atoms with Crippen LogP contribution in [0.4, 0.5) is 0 Å². The lowest BCUT2D eigenvalue weighted by Crippen LogP contribution is -2.29. The molecular weight excluding hydrogens is 296 g/mol. The normalized spacial score (nSPS) is 10.8. The molecule has 0 saturated carbocycles. The largest absolute Gasteiger partial charge is 0.505 e. The van der Waals surface area contributed by atoms with Crippen molar-refractivity contribution >= 4 is 23.5 Å². The lowest BCUT2D eigenvalue weighted by molar-refractivity contribution is -0.135. The number of carboxylic acids is 1. The molecule has 0 fully saturated rings. The summed E-state index contributed by atoms with van der Waals surface area (Å²) in [6, 6.07) is 6.07. The summed E-state index contributed by atoms with van der Waals surface area (Å²) in [5.41, 5.74) is 0.575. The van der Waals surface area contributed by atoms with E-state index >= 15 is 0 Å². The standard InChI is InChI=1S/C14H11ClN2O4/c15-10-3-1-2-8(4-10)9-5-11(18)13(16-6-9)14(21)17-7-12(19)20/h1-6,18H,7H2,(H,17,21)(H,19,20)/i2D. The van der Waals surface area contributed by atoms with E-state index in [0.717, 1.165) is 0 Å². The number of amides is 1. The van der Waals surface area contributed by atoms with E-state index in [-0.39, 0.29) is 11.7 Å². The first-order valence-corrected chi connectivity index (χ1v) is 6.22. The zero-order valence-electron chi connectivity index (χ0n) is 11.6. The zero-order valence-corrected chi connectivity index (χ0v) is 11.4. The van der Waals surface area contributed by atoms with Gasteiger partial charge in [0.15, 0.2) is 5.69 Å². The first-order chi connectivity index (χ1) is 10.4. The van der Waals surface area contributed by atoms with Gasteiger partial charge in [-0.3, -0.25) is 9.59 Å². The Morgan fingerprint density at radius 3 is 2.81 bits per heavy atom. The number of carboxylic acid groups (broad SMARTS) is 1. The van der Waals surface area contributed by atoms with E-state index in [1.165, 1.54) is 18.3 Å². The number of rotatable bonds is 4. The van der Waals surface area contributed by atoms with Gasteiger partial charge in [0.25, 0.3) is 5.91 Å². The summed E-state index contributed by atoms with van der Waals surface area (Å²) in [6.07, 6.45) is 1.30. The van der Waals surface area contributed by atoms with E-state index in [2.05, 4.69) is 10.3 Å². The molecule has 0 aliphatic heterocycles. The molecule has 0 atom stereocenters. The first-order valence-electron chi connectivity index (χ1n) is 6.34. The Bertz CT molecular complexity index is 752. The van der Waals surface area contributed by atoms with Crippen LogP contribution in [-0.4, -0.2) is 33.6 Å². The third kappa shape index (κ3) is 3.70. The molecule has 1 aromatic heterocycles. The predicted octanol–water partition coefficient (Wildman–Crippen LogP) is 1.92. The van der Waals surface area contributed by atoms with Gasteiger partial charge in [-0.15, -0.1) is 0 Å². The number of aromatic hydroxyl groups is 1. The third-order valence-electron chi connectivity index (χ3n) is 2.56. The molecule has 0 aliphatic carbocycles. The first kappa shape index (κ1) is 13.4. The monoisotopic (exact) mass is 307 g/mol. The molecule has 0 saturated heterocycles. The molecule has 21 heavy (non-hydrogen) atoms. The van der Waals surface area contributed by atoms with Gasteiger partial charge in [-0.2, -0.15) is 0 Å². The van der Waals surface area contributed by atoms with Crippen LogP contribution in [-0.2, 0) is 4.79 Å². The minimum absolute atomic E-state index is 0.189. The van der Waals surface area contributed by atoms with Crippen molar-refractivity contribution in [3.05, 3.63) is 47.2 Å². The molecule has 2 rings (SSSR count). The van der Waals surface area contributed by atoms with Crippen molar-refractivity contribution in [3.8, 4) is 16.9 Å². The SMILES string of the molecule is [2H]c1ccc(Cl)cc1-c1cnc(C(=O)NCC(=O)O)c(O)c1. The number of aromatic nitrogens is 1. The van der Waals surface area contributed by atoms with Crippen molar-refractivity contribution in [2.45, 2.75) is 0 Å². The molecule has 108 valence electrons. The minimum Gasteiger partial charge on any atom is -0.505 e. The van der Waals surface area contributed by atoms with Crippen molar-refractivity contribution in [2.75, 3.05) is 6.54 Å².